The summed E-state index contributed by atoms with van der Waals surface area (Å²) in [5.74, 6) is 0.631. The van der Waals surface area contributed by atoms with Gasteiger partial charge in [0.1, 0.15) is 0 Å². The summed E-state index contributed by atoms with van der Waals surface area (Å²) >= 11 is 0. The number of hydrogen-bond donors (Lipinski definition) is 0. The molecule has 0 aliphatic carbocycles. The van der Waals surface area contributed by atoms with E-state index in [0.29, 0.717) is 12.3 Å². The zero-order valence-electron chi connectivity index (χ0n) is 9.30. The SMILES string of the molecule is CCCC(=O)OC(C)CCC(C)C. The maximum Gasteiger partial charge on any atom is 0.306 e. The van der Waals surface area contributed by atoms with Gasteiger partial charge in [0, 0.05) is 6.42 Å². The molecule has 13 heavy (non-hydrogen) atoms. The third-order valence-electron chi connectivity index (χ3n) is 1.94. The Balaban J connectivity index is 3.49. The average molecular weight is 186 g/mol. The molecule has 0 fully saturated rings. The number of esters is 1. The fraction of sp³-hybridized carbons (Fsp3) is 0.909. The fourth-order valence-electron chi connectivity index (χ4n) is 1.11. The van der Waals surface area contributed by atoms with Gasteiger partial charge in [-0.2, -0.15) is 0 Å². The van der Waals surface area contributed by atoms with Crippen molar-refractivity contribution in [2.24, 2.45) is 5.92 Å². The fourth-order valence-corrected chi connectivity index (χ4v) is 1.11. The summed E-state index contributed by atoms with van der Waals surface area (Å²) in [7, 11) is 0. The quantitative estimate of drug-likeness (QED) is 0.596. The minimum absolute atomic E-state index is 0.0567. The second-order valence-corrected chi connectivity index (χ2v) is 4.02. The van der Waals surface area contributed by atoms with E-state index in [1.165, 1.54) is 0 Å². The van der Waals surface area contributed by atoms with Crippen LogP contribution < -0.4 is 0 Å². The van der Waals surface area contributed by atoms with Crippen molar-refractivity contribution in [2.75, 3.05) is 0 Å². The van der Waals surface area contributed by atoms with Crippen molar-refractivity contribution in [1.82, 2.24) is 0 Å². The van der Waals surface area contributed by atoms with E-state index in [1.54, 1.807) is 0 Å². The monoisotopic (exact) mass is 186 g/mol. The largest absolute Gasteiger partial charge is 0.463 e. The first-order chi connectivity index (χ1) is 6.06. The third kappa shape index (κ3) is 7.82. The Morgan fingerprint density at radius 2 is 1.85 bits per heavy atom. The lowest BCUT2D eigenvalue weighted by Gasteiger charge is -2.13. The van der Waals surface area contributed by atoms with E-state index in [1.807, 2.05) is 13.8 Å². The predicted octanol–water partition coefficient (Wildman–Crippen LogP) is 3.15. The van der Waals surface area contributed by atoms with Crippen molar-refractivity contribution in [1.29, 1.82) is 0 Å². The molecule has 0 bridgehead atoms. The normalized spacial score (nSPS) is 13.0. The van der Waals surface area contributed by atoms with Gasteiger partial charge in [0.2, 0.25) is 0 Å². The molecule has 0 aliphatic rings. The Morgan fingerprint density at radius 1 is 1.23 bits per heavy atom. The maximum absolute atomic E-state index is 11.1. The van der Waals surface area contributed by atoms with E-state index < -0.39 is 0 Å². The Labute approximate surface area is 81.7 Å². The third-order valence-corrected chi connectivity index (χ3v) is 1.94. The van der Waals surface area contributed by atoms with Gasteiger partial charge in [-0.1, -0.05) is 20.8 Å². The highest BCUT2D eigenvalue weighted by molar-refractivity contribution is 5.69. The van der Waals surface area contributed by atoms with E-state index in [0.717, 1.165) is 19.3 Å². The van der Waals surface area contributed by atoms with Gasteiger partial charge in [-0.3, -0.25) is 4.79 Å². The summed E-state index contributed by atoms with van der Waals surface area (Å²) in [6.07, 6.45) is 3.61. The Kier molecular flexibility index (Phi) is 6.65. The van der Waals surface area contributed by atoms with Gasteiger partial charge in [0.15, 0.2) is 0 Å². The summed E-state index contributed by atoms with van der Waals surface area (Å²) in [4.78, 5) is 11.1. The van der Waals surface area contributed by atoms with Gasteiger partial charge in [0.05, 0.1) is 6.10 Å². The molecule has 0 aromatic carbocycles. The lowest BCUT2D eigenvalue weighted by Crippen LogP contribution is -2.15. The van der Waals surface area contributed by atoms with E-state index in [4.69, 9.17) is 4.74 Å². The van der Waals surface area contributed by atoms with Crippen LogP contribution in [0.3, 0.4) is 0 Å². The molecule has 0 rings (SSSR count). The lowest BCUT2D eigenvalue weighted by atomic mass is 10.1. The van der Waals surface area contributed by atoms with Crippen LogP contribution in [0.25, 0.3) is 0 Å². The van der Waals surface area contributed by atoms with Gasteiger partial charge in [-0.05, 0) is 32.1 Å². The molecule has 0 spiro atoms. The zero-order valence-corrected chi connectivity index (χ0v) is 9.30. The second-order valence-electron chi connectivity index (χ2n) is 4.02. The molecule has 0 aromatic heterocycles. The van der Waals surface area contributed by atoms with Crippen molar-refractivity contribution in [3.63, 3.8) is 0 Å². The lowest BCUT2D eigenvalue weighted by molar-refractivity contribution is -0.148. The molecule has 0 saturated heterocycles. The molecule has 2 heteroatoms. The summed E-state index contributed by atoms with van der Waals surface area (Å²) in [6.45, 7) is 8.32. The van der Waals surface area contributed by atoms with Crippen LogP contribution in [0.1, 0.15) is 53.4 Å². The Hall–Kier alpha value is -0.530. The molecule has 0 heterocycles. The van der Waals surface area contributed by atoms with Crippen LogP contribution in [0.15, 0.2) is 0 Å². The van der Waals surface area contributed by atoms with Crippen LogP contribution in [0.2, 0.25) is 0 Å². The highest BCUT2D eigenvalue weighted by Gasteiger charge is 2.08. The summed E-state index contributed by atoms with van der Waals surface area (Å²) < 4.78 is 5.20. The van der Waals surface area contributed by atoms with E-state index in [9.17, 15) is 4.79 Å². The molecule has 2 nitrogen and oxygen atoms in total. The predicted molar refractivity (Wildman–Crippen MR) is 54.5 cm³/mol. The smallest absolute Gasteiger partial charge is 0.306 e. The minimum Gasteiger partial charge on any atom is -0.463 e. The van der Waals surface area contributed by atoms with Gasteiger partial charge in [-0.15, -0.1) is 0 Å². The van der Waals surface area contributed by atoms with E-state index in [2.05, 4.69) is 13.8 Å². The van der Waals surface area contributed by atoms with Crippen molar-refractivity contribution in [2.45, 2.75) is 59.5 Å². The van der Waals surface area contributed by atoms with Gasteiger partial charge >= 0.3 is 5.97 Å². The first-order valence-electron chi connectivity index (χ1n) is 5.25. The molecule has 0 amide bonds. The molecule has 0 aromatic rings. The molecule has 0 N–H and O–H groups in total. The van der Waals surface area contributed by atoms with Crippen LogP contribution in [0.5, 0.6) is 0 Å². The van der Waals surface area contributed by atoms with Crippen LogP contribution in [0.4, 0.5) is 0 Å². The number of hydrogen-bond acceptors (Lipinski definition) is 2. The first kappa shape index (κ1) is 12.5. The van der Waals surface area contributed by atoms with E-state index >= 15 is 0 Å². The Bertz CT molecular complexity index is 141. The first-order valence-corrected chi connectivity index (χ1v) is 5.25. The van der Waals surface area contributed by atoms with Crippen molar-refractivity contribution < 1.29 is 9.53 Å². The number of rotatable bonds is 6. The van der Waals surface area contributed by atoms with Gasteiger partial charge in [-0.25, -0.2) is 0 Å². The molecule has 1 atom stereocenters. The van der Waals surface area contributed by atoms with Crippen molar-refractivity contribution in [3.8, 4) is 0 Å². The Morgan fingerprint density at radius 3 is 2.31 bits per heavy atom. The molecule has 0 saturated carbocycles. The maximum atomic E-state index is 11.1. The molecule has 78 valence electrons. The molecular weight excluding hydrogens is 164 g/mol. The number of carbonyl (C=O) groups excluding carboxylic acids is 1. The van der Waals surface area contributed by atoms with Crippen molar-refractivity contribution in [3.05, 3.63) is 0 Å². The molecule has 1 unspecified atom stereocenters. The topological polar surface area (TPSA) is 26.3 Å². The molecular formula is C11H22O2. The van der Waals surface area contributed by atoms with Gasteiger partial charge in [0.25, 0.3) is 0 Å². The summed E-state index contributed by atoms with van der Waals surface area (Å²) in [5.41, 5.74) is 0. The van der Waals surface area contributed by atoms with Crippen LogP contribution in [0, 0.1) is 5.92 Å². The highest BCUT2D eigenvalue weighted by atomic mass is 16.5. The standard InChI is InChI=1S/C11H22O2/c1-5-6-11(12)13-10(4)8-7-9(2)3/h9-10H,5-8H2,1-4H3. The van der Waals surface area contributed by atoms with Crippen LogP contribution in [-0.2, 0) is 9.53 Å². The minimum atomic E-state index is -0.0567. The van der Waals surface area contributed by atoms with E-state index in [-0.39, 0.29) is 12.1 Å². The number of carbonyl (C=O) groups is 1. The molecule has 0 aliphatic heterocycles. The zero-order chi connectivity index (χ0) is 10.3. The van der Waals surface area contributed by atoms with Crippen LogP contribution in [-0.4, -0.2) is 12.1 Å². The second kappa shape index (κ2) is 6.93. The number of ether oxygens (including phenoxy) is 1. The van der Waals surface area contributed by atoms with Crippen LogP contribution >= 0.6 is 0 Å². The van der Waals surface area contributed by atoms with Crippen molar-refractivity contribution >= 4 is 5.97 Å². The van der Waals surface area contributed by atoms with Gasteiger partial charge < -0.3 is 4.74 Å². The highest BCUT2D eigenvalue weighted by Crippen LogP contribution is 2.09. The summed E-state index contributed by atoms with van der Waals surface area (Å²) in [5, 5.41) is 0. The average Bonchev–Trinajstić information content (AvgIpc) is 2.01. The summed E-state index contributed by atoms with van der Waals surface area (Å²) in [6, 6.07) is 0. The molecule has 0 radical (unpaired) electrons.